The molecule has 2 aliphatic rings. The number of nitrogens with one attached hydrogen (secondary N) is 2. The molecule has 1 aliphatic carbocycles. The number of aryl methyl sites for hydroxylation is 3. The molecule has 36 heavy (non-hydrogen) atoms. The standard InChI is InChI=1S/C28H37N5O3/c29-15-5-10-24(30)28(36)33-18-23(31-26(34)14-11-19-6-2-1-3-7-19)17-25(33)27(35)32-22-13-12-20-8-4-9-21(20)16-22/h1-3,6-7,12-13,16,23-25H,4-5,8-11,14-15,17-18,29-30H2,(H,31,34)(H,32,35). The average molecular weight is 492 g/mol. The third-order valence-electron chi connectivity index (χ3n) is 7.14. The summed E-state index contributed by atoms with van der Waals surface area (Å²) in [6.45, 7) is 0.706. The van der Waals surface area contributed by atoms with Crippen molar-refractivity contribution in [2.24, 2.45) is 11.5 Å². The molecule has 0 spiro atoms. The van der Waals surface area contributed by atoms with Crippen molar-refractivity contribution in [1.29, 1.82) is 0 Å². The smallest absolute Gasteiger partial charge is 0.247 e. The van der Waals surface area contributed by atoms with Crippen LogP contribution in [0, 0.1) is 0 Å². The molecule has 4 rings (SSSR count). The first-order chi connectivity index (χ1) is 17.4. The summed E-state index contributed by atoms with van der Waals surface area (Å²) in [6, 6.07) is 14.1. The first-order valence-corrected chi connectivity index (χ1v) is 13.0. The number of nitrogens with zero attached hydrogens (tertiary/aromatic N) is 1. The third kappa shape index (κ3) is 6.50. The number of carbonyl (C=O) groups excluding carboxylic acids is 3. The van der Waals surface area contributed by atoms with Gasteiger partial charge in [0.15, 0.2) is 0 Å². The molecular weight excluding hydrogens is 454 g/mol. The van der Waals surface area contributed by atoms with E-state index in [2.05, 4.69) is 16.7 Å². The number of hydrogen-bond acceptors (Lipinski definition) is 5. The summed E-state index contributed by atoms with van der Waals surface area (Å²) in [6.07, 6.45) is 5.63. The minimum absolute atomic E-state index is 0.0941. The van der Waals surface area contributed by atoms with Crippen LogP contribution >= 0.6 is 0 Å². The fourth-order valence-electron chi connectivity index (χ4n) is 5.18. The quantitative estimate of drug-likeness (QED) is 0.403. The lowest BCUT2D eigenvalue weighted by molar-refractivity contribution is -0.138. The fraction of sp³-hybridized carbons (Fsp3) is 0.464. The number of likely N-dealkylation sites (tertiary alicyclic amines) is 1. The van der Waals surface area contributed by atoms with Crippen LogP contribution < -0.4 is 22.1 Å². The van der Waals surface area contributed by atoms with Crippen molar-refractivity contribution in [2.45, 2.75) is 69.5 Å². The van der Waals surface area contributed by atoms with Crippen molar-refractivity contribution in [2.75, 3.05) is 18.4 Å². The Labute approximate surface area is 212 Å². The van der Waals surface area contributed by atoms with Gasteiger partial charge in [0.25, 0.3) is 0 Å². The van der Waals surface area contributed by atoms with E-state index in [9.17, 15) is 14.4 Å². The maximum Gasteiger partial charge on any atom is 0.247 e. The Morgan fingerprint density at radius 2 is 1.83 bits per heavy atom. The average Bonchev–Trinajstić information content (AvgIpc) is 3.53. The predicted molar refractivity (Wildman–Crippen MR) is 140 cm³/mol. The zero-order valence-corrected chi connectivity index (χ0v) is 20.7. The normalized spacial score (nSPS) is 19.6. The van der Waals surface area contributed by atoms with E-state index in [-0.39, 0.29) is 30.3 Å². The number of carbonyl (C=O) groups is 3. The van der Waals surface area contributed by atoms with Crippen LogP contribution in [-0.4, -0.2) is 53.8 Å². The third-order valence-corrected chi connectivity index (χ3v) is 7.14. The first-order valence-electron chi connectivity index (χ1n) is 13.0. The topological polar surface area (TPSA) is 131 Å². The van der Waals surface area contributed by atoms with E-state index in [1.807, 2.05) is 42.5 Å². The molecular formula is C28H37N5O3. The Kier molecular flexibility index (Phi) is 8.72. The molecule has 1 fully saturated rings. The second-order valence-corrected chi connectivity index (χ2v) is 9.86. The number of nitrogens with two attached hydrogens (primary N) is 2. The summed E-state index contributed by atoms with van der Waals surface area (Å²) in [7, 11) is 0. The summed E-state index contributed by atoms with van der Waals surface area (Å²) in [5.41, 5.74) is 16.2. The van der Waals surface area contributed by atoms with Crippen LogP contribution in [0.1, 0.15) is 48.8 Å². The van der Waals surface area contributed by atoms with Gasteiger partial charge in [0.1, 0.15) is 6.04 Å². The molecule has 8 nitrogen and oxygen atoms in total. The predicted octanol–water partition coefficient (Wildman–Crippen LogP) is 1.90. The minimum atomic E-state index is -0.726. The molecule has 2 aromatic rings. The van der Waals surface area contributed by atoms with E-state index >= 15 is 0 Å². The highest BCUT2D eigenvalue weighted by atomic mass is 16.2. The number of benzene rings is 2. The molecule has 3 amide bonds. The molecule has 192 valence electrons. The molecule has 0 saturated carbocycles. The summed E-state index contributed by atoms with van der Waals surface area (Å²) in [5.74, 6) is -0.629. The highest BCUT2D eigenvalue weighted by Crippen LogP contribution is 2.26. The van der Waals surface area contributed by atoms with Crippen LogP contribution in [-0.2, 0) is 33.6 Å². The van der Waals surface area contributed by atoms with Gasteiger partial charge in [-0.2, -0.15) is 0 Å². The van der Waals surface area contributed by atoms with Crippen molar-refractivity contribution in [1.82, 2.24) is 10.2 Å². The number of amides is 3. The minimum Gasteiger partial charge on any atom is -0.351 e. The van der Waals surface area contributed by atoms with Crippen molar-refractivity contribution in [3.8, 4) is 0 Å². The van der Waals surface area contributed by atoms with Crippen LogP contribution in [0.3, 0.4) is 0 Å². The lowest BCUT2D eigenvalue weighted by Gasteiger charge is -2.26. The summed E-state index contributed by atoms with van der Waals surface area (Å²) in [4.78, 5) is 40.7. The van der Waals surface area contributed by atoms with Crippen molar-refractivity contribution < 1.29 is 14.4 Å². The second kappa shape index (κ2) is 12.1. The molecule has 3 atom stereocenters. The largest absolute Gasteiger partial charge is 0.351 e. The Morgan fingerprint density at radius 1 is 1.06 bits per heavy atom. The van der Waals surface area contributed by atoms with E-state index in [0.29, 0.717) is 38.6 Å². The van der Waals surface area contributed by atoms with E-state index in [1.165, 1.54) is 16.0 Å². The highest BCUT2D eigenvalue weighted by molar-refractivity contribution is 5.98. The number of hydrogen-bond donors (Lipinski definition) is 4. The van der Waals surface area contributed by atoms with E-state index in [0.717, 1.165) is 30.5 Å². The highest BCUT2D eigenvalue weighted by Gasteiger charge is 2.41. The van der Waals surface area contributed by atoms with Gasteiger partial charge in [-0.15, -0.1) is 0 Å². The van der Waals surface area contributed by atoms with Crippen molar-refractivity contribution in [3.05, 3.63) is 65.2 Å². The Balaban J connectivity index is 1.41. The van der Waals surface area contributed by atoms with Crippen LogP contribution in [0.15, 0.2) is 48.5 Å². The van der Waals surface area contributed by atoms with Gasteiger partial charge in [-0.3, -0.25) is 14.4 Å². The van der Waals surface area contributed by atoms with Crippen LogP contribution in [0.4, 0.5) is 5.69 Å². The van der Waals surface area contributed by atoms with E-state index in [1.54, 1.807) is 0 Å². The molecule has 2 aromatic carbocycles. The number of rotatable bonds is 10. The van der Waals surface area contributed by atoms with Gasteiger partial charge < -0.3 is 27.0 Å². The molecule has 1 aliphatic heterocycles. The van der Waals surface area contributed by atoms with Crippen LogP contribution in [0.5, 0.6) is 0 Å². The number of fused-ring (bicyclic) bond motifs is 1. The van der Waals surface area contributed by atoms with Gasteiger partial charge in [0.2, 0.25) is 17.7 Å². The fourth-order valence-corrected chi connectivity index (χ4v) is 5.18. The summed E-state index contributed by atoms with van der Waals surface area (Å²) >= 11 is 0. The van der Waals surface area contributed by atoms with E-state index < -0.39 is 12.1 Å². The SMILES string of the molecule is NCCCC(N)C(=O)N1CC(NC(=O)CCc2ccccc2)CC1C(=O)Nc1ccc2c(c1)CCC2. The zero-order valence-electron chi connectivity index (χ0n) is 20.7. The molecule has 1 heterocycles. The Morgan fingerprint density at radius 3 is 2.61 bits per heavy atom. The molecule has 8 heteroatoms. The van der Waals surface area contributed by atoms with Gasteiger partial charge in [-0.05, 0) is 80.3 Å². The van der Waals surface area contributed by atoms with Crippen molar-refractivity contribution in [3.63, 3.8) is 0 Å². The van der Waals surface area contributed by atoms with Crippen LogP contribution in [0.25, 0.3) is 0 Å². The van der Waals surface area contributed by atoms with Gasteiger partial charge in [-0.25, -0.2) is 0 Å². The lowest BCUT2D eigenvalue weighted by Crippen LogP contribution is -2.50. The molecule has 6 N–H and O–H groups in total. The van der Waals surface area contributed by atoms with Gasteiger partial charge in [0.05, 0.1) is 6.04 Å². The van der Waals surface area contributed by atoms with Gasteiger partial charge in [0, 0.05) is 24.7 Å². The molecule has 0 radical (unpaired) electrons. The Hall–Kier alpha value is -3.23. The molecule has 0 bridgehead atoms. The van der Waals surface area contributed by atoms with Crippen molar-refractivity contribution >= 4 is 23.4 Å². The van der Waals surface area contributed by atoms with Crippen LogP contribution in [0.2, 0.25) is 0 Å². The van der Waals surface area contributed by atoms with E-state index in [4.69, 9.17) is 11.5 Å². The summed E-state index contributed by atoms with van der Waals surface area (Å²) in [5, 5.41) is 6.02. The number of anilines is 1. The first kappa shape index (κ1) is 25.9. The van der Waals surface area contributed by atoms with Gasteiger partial charge in [-0.1, -0.05) is 36.4 Å². The zero-order chi connectivity index (χ0) is 25.5. The molecule has 3 unspecified atom stereocenters. The summed E-state index contributed by atoms with van der Waals surface area (Å²) < 4.78 is 0. The molecule has 0 aromatic heterocycles. The lowest BCUT2D eigenvalue weighted by atomic mass is 10.1. The molecule has 1 saturated heterocycles. The van der Waals surface area contributed by atoms with Gasteiger partial charge >= 0.3 is 0 Å². The monoisotopic (exact) mass is 491 g/mol. The second-order valence-electron chi connectivity index (χ2n) is 9.86. The Bertz CT molecular complexity index is 1070. The maximum absolute atomic E-state index is 13.3. The maximum atomic E-state index is 13.3.